The molecule has 3 rings (SSSR count). The average molecular weight is 405 g/mol. The molecule has 1 aliphatic rings. The van der Waals surface area contributed by atoms with E-state index in [0.717, 1.165) is 18.4 Å². The van der Waals surface area contributed by atoms with Crippen molar-refractivity contribution in [3.63, 3.8) is 0 Å². The fourth-order valence-electron chi connectivity index (χ4n) is 3.50. The normalized spacial score (nSPS) is 15.7. The third kappa shape index (κ3) is 3.78. The third-order valence-corrected chi connectivity index (χ3v) is 5.35. The Morgan fingerprint density at radius 2 is 2.11 bits per heavy atom. The highest BCUT2D eigenvalue weighted by atomic mass is 35.5. The monoisotopic (exact) mass is 404 g/mol. The Hall–Kier alpha value is -2.34. The van der Waals surface area contributed by atoms with E-state index in [2.05, 4.69) is 32.7 Å². The molecule has 7 heteroatoms. The van der Waals surface area contributed by atoms with E-state index in [1.54, 1.807) is 0 Å². The summed E-state index contributed by atoms with van der Waals surface area (Å²) in [7, 11) is 0. The van der Waals surface area contributed by atoms with Gasteiger partial charge in [-0.1, -0.05) is 45.7 Å². The molecule has 2 aromatic heterocycles. The van der Waals surface area contributed by atoms with E-state index < -0.39 is 11.4 Å². The van der Waals surface area contributed by atoms with E-state index in [1.165, 1.54) is 12.3 Å². The van der Waals surface area contributed by atoms with Gasteiger partial charge in [-0.05, 0) is 29.9 Å². The van der Waals surface area contributed by atoms with Gasteiger partial charge >= 0.3 is 5.97 Å². The van der Waals surface area contributed by atoms with Crippen molar-refractivity contribution in [2.45, 2.75) is 53.0 Å². The van der Waals surface area contributed by atoms with Crippen molar-refractivity contribution in [2.24, 2.45) is 5.41 Å². The molecule has 0 saturated carbocycles. The molecule has 0 amide bonds. The fraction of sp³-hybridized carbons (Fsp3) is 0.476. The molecular weight excluding hydrogens is 380 g/mol. The summed E-state index contributed by atoms with van der Waals surface area (Å²) < 4.78 is 7.64. The number of unbranched alkanes of at least 4 members (excludes halogenated alkanes) is 1. The fourth-order valence-corrected chi connectivity index (χ4v) is 3.70. The summed E-state index contributed by atoms with van der Waals surface area (Å²) in [6.45, 7) is 8.93. The van der Waals surface area contributed by atoms with Crippen LogP contribution in [0.4, 0.5) is 0 Å². The summed E-state index contributed by atoms with van der Waals surface area (Å²) in [6.07, 6.45) is 4.01. The highest BCUT2D eigenvalue weighted by Crippen LogP contribution is 2.43. The molecule has 0 saturated heterocycles. The summed E-state index contributed by atoms with van der Waals surface area (Å²) in [4.78, 5) is 28.3. The average Bonchev–Trinajstić information content (AvgIpc) is 2.60. The molecule has 28 heavy (non-hydrogen) atoms. The minimum Gasteiger partial charge on any atom is -0.490 e. The number of carboxylic acids is 1. The van der Waals surface area contributed by atoms with Gasteiger partial charge in [-0.15, -0.1) is 0 Å². The van der Waals surface area contributed by atoms with Crippen LogP contribution < -0.4 is 10.2 Å². The number of ether oxygens (including phenoxy) is 1. The van der Waals surface area contributed by atoms with Crippen molar-refractivity contribution >= 4 is 17.6 Å². The van der Waals surface area contributed by atoms with Gasteiger partial charge in [0.25, 0.3) is 0 Å². The zero-order valence-corrected chi connectivity index (χ0v) is 17.3. The first-order valence-corrected chi connectivity index (χ1v) is 9.83. The van der Waals surface area contributed by atoms with Gasteiger partial charge in [0.1, 0.15) is 5.56 Å². The van der Waals surface area contributed by atoms with Crippen molar-refractivity contribution in [1.29, 1.82) is 0 Å². The maximum atomic E-state index is 12.3. The second-order valence-corrected chi connectivity index (χ2v) is 8.58. The number of pyridine rings is 2. The summed E-state index contributed by atoms with van der Waals surface area (Å²) in [5, 5.41) is 9.61. The van der Waals surface area contributed by atoms with Crippen molar-refractivity contribution in [3.8, 4) is 17.1 Å². The number of hydrogen-bond donors (Lipinski definition) is 1. The van der Waals surface area contributed by atoms with Crippen molar-refractivity contribution in [2.75, 3.05) is 6.61 Å². The molecule has 1 N–H and O–H groups in total. The lowest BCUT2D eigenvalue weighted by atomic mass is 9.80. The molecule has 0 spiro atoms. The smallest absolute Gasteiger partial charge is 0.341 e. The maximum absolute atomic E-state index is 12.3. The van der Waals surface area contributed by atoms with Gasteiger partial charge in [0.05, 0.1) is 18.0 Å². The molecule has 0 unspecified atom stereocenters. The topological polar surface area (TPSA) is 81.4 Å². The lowest BCUT2D eigenvalue weighted by Gasteiger charge is -2.38. The Balaban J connectivity index is 2.18. The Morgan fingerprint density at radius 1 is 1.39 bits per heavy atom. The van der Waals surface area contributed by atoms with E-state index in [9.17, 15) is 14.7 Å². The van der Waals surface area contributed by atoms with Gasteiger partial charge in [-0.3, -0.25) is 4.79 Å². The number of carbonyl (C=O) groups is 1. The standard InChI is InChI=1S/C21H25ClN2O4/c1-5-6-7-28-16-8-12-9-17(21(2,3)4)24-11-13(20(26)27)15(25)10-14(24)18(12)23-19(16)22/h8,10-11,17H,5-7,9H2,1-4H3,(H,26,27)/t17-/m0/s1. The van der Waals surface area contributed by atoms with Crippen LogP contribution >= 0.6 is 11.6 Å². The quantitative estimate of drug-likeness (QED) is 0.582. The van der Waals surface area contributed by atoms with Crippen LogP contribution in [0.2, 0.25) is 5.15 Å². The van der Waals surface area contributed by atoms with Gasteiger partial charge in [0, 0.05) is 18.3 Å². The number of halogens is 1. The number of hydrogen-bond acceptors (Lipinski definition) is 4. The van der Waals surface area contributed by atoms with E-state index in [1.807, 2.05) is 10.6 Å². The first kappa shape index (κ1) is 20.4. The molecule has 0 radical (unpaired) electrons. The Morgan fingerprint density at radius 3 is 2.71 bits per heavy atom. The number of aromatic nitrogens is 2. The second kappa shape index (κ2) is 7.59. The van der Waals surface area contributed by atoms with Crippen molar-refractivity contribution < 1.29 is 14.6 Å². The lowest BCUT2D eigenvalue weighted by Crippen LogP contribution is -2.33. The maximum Gasteiger partial charge on any atom is 0.341 e. The van der Waals surface area contributed by atoms with Crippen LogP contribution in [0.15, 0.2) is 23.1 Å². The number of fused-ring (bicyclic) bond motifs is 3. The van der Waals surface area contributed by atoms with Crippen molar-refractivity contribution in [1.82, 2.24) is 9.55 Å². The van der Waals surface area contributed by atoms with Gasteiger partial charge in [-0.2, -0.15) is 0 Å². The van der Waals surface area contributed by atoms with Crippen LogP contribution in [-0.2, 0) is 6.42 Å². The largest absolute Gasteiger partial charge is 0.490 e. The first-order chi connectivity index (χ1) is 13.1. The molecule has 1 aliphatic heterocycles. The minimum atomic E-state index is -1.23. The van der Waals surface area contributed by atoms with E-state index in [4.69, 9.17) is 16.3 Å². The first-order valence-electron chi connectivity index (χ1n) is 9.45. The molecule has 0 fully saturated rings. The minimum absolute atomic E-state index is 0.0415. The van der Waals surface area contributed by atoms with Gasteiger partial charge in [-0.25, -0.2) is 9.78 Å². The molecule has 0 bridgehead atoms. The molecule has 150 valence electrons. The van der Waals surface area contributed by atoms with Gasteiger partial charge < -0.3 is 14.4 Å². The van der Waals surface area contributed by atoms with Crippen LogP contribution in [-0.4, -0.2) is 27.2 Å². The van der Waals surface area contributed by atoms with Crippen LogP contribution in [0.5, 0.6) is 5.75 Å². The Bertz CT molecular complexity index is 976. The predicted molar refractivity (Wildman–Crippen MR) is 109 cm³/mol. The SMILES string of the molecule is CCCCOc1cc2c(nc1Cl)-c1cc(=O)c(C(=O)O)cn1[C@H](C(C)(C)C)C2. The molecule has 1 atom stereocenters. The molecule has 0 aromatic carbocycles. The lowest BCUT2D eigenvalue weighted by molar-refractivity contribution is 0.0693. The number of aromatic carboxylic acids is 1. The van der Waals surface area contributed by atoms with Crippen molar-refractivity contribution in [3.05, 3.63) is 44.8 Å². The summed E-state index contributed by atoms with van der Waals surface area (Å²) >= 11 is 6.34. The Kier molecular flexibility index (Phi) is 5.53. The number of nitrogens with zero attached hydrogens (tertiary/aromatic N) is 2. The summed E-state index contributed by atoms with van der Waals surface area (Å²) in [6, 6.07) is 3.21. The predicted octanol–water partition coefficient (Wildman–Crippen LogP) is 4.58. The molecular formula is C21H25ClN2O4. The third-order valence-electron chi connectivity index (χ3n) is 5.08. The molecule has 3 heterocycles. The number of rotatable bonds is 5. The van der Waals surface area contributed by atoms with Crippen LogP contribution in [0.1, 0.15) is 62.5 Å². The molecule has 6 nitrogen and oxygen atoms in total. The zero-order valence-electron chi connectivity index (χ0n) is 16.6. The highest BCUT2D eigenvalue weighted by Gasteiger charge is 2.34. The summed E-state index contributed by atoms with van der Waals surface area (Å²) in [5.41, 5.74) is 1.17. The zero-order chi connectivity index (χ0) is 20.6. The molecule has 0 aliphatic carbocycles. The van der Waals surface area contributed by atoms with Crippen LogP contribution in [0.25, 0.3) is 11.4 Å². The van der Waals surface area contributed by atoms with Gasteiger partial charge in [0.15, 0.2) is 16.3 Å². The van der Waals surface area contributed by atoms with E-state index in [-0.39, 0.29) is 22.2 Å². The van der Waals surface area contributed by atoms with Crippen LogP contribution in [0.3, 0.4) is 0 Å². The Labute approximate surface area is 169 Å². The van der Waals surface area contributed by atoms with E-state index >= 15 is 0 Å². The van der Waals surface area contributed by atoms with E-state index in [0.29, 0.717) is 30.2 Å². The second-order valence-electron chi connectivity index (χ2n) is 8.22. The highest BCUT2D eigenvalue weighted by molar-refractivity contribution is 6.31. The van der Waals surface area contributed by atoms with Crippen LogP contribution in [0, 0.1) is 5.41 Å². The molecule has 2 aromatic rings. The number of carboxylic acid groups (broad SMARTS) is 1. The van der Waals surface area contributed by atoms with Gasteiger partial charge in [0.2, 0.25) is 0 Å². The summed E-state index contributed by atoms with van der Waals surface area (Å²) in [5.74, 6) is -0.691.